The Labute approximate surface area is 170 Å². The Kier molecular flexibility index (Phi) is 6.46. The van der Waals surface area contributed by atoms with E-state index in [1.54, 1.807) is 18.2 Å². The Morgan fingerprint density at radius 3 is 2.48 bits per heavy atom. The lowest BCUT2D eigenvalue weighted by Crippen LogP contribution is -2.08. The summed E-state index contributed by atoms with van der Waals surface area (Å²) in [5.41, 5.74) is 2.31. The van der Waals surface area contributed by atoms with Crippen LogP contribution in [0, 0.1) is 0 Å². The van der Waals surface area contributed by atoms with Crippen LogP contribution >= 0.6 is 0 Å². The van der Waals surface area contributed by atoms with Crippen molar-refractivity contribution < 1.29 is 17.9 Å². The van der Waals surface area contributed by atoms with Gasteiger partial charge in [-0.2, -0.15) is 0 Å². The summed E-state index contributed by atoms with van der Waals surface area (Å²) < 4.78 is 29.0. The van der Waals surface area contributed by atoms with Crippen molar-refractivity contribution in [2.75, 3.05) is 11.6 Å². The summed E-state index contributed by atoms with van der Waals surface area (Å²) in [5.74, 6) is 0.350. The maximum absolute atomic E-state index is 12.2. The molecule has 0 aromatic heterocycles. The number of nitrogens with one attached hydrogen (secondary N) is 1. The molecule has 0 spiro atoms. The second-order valence-corrected chi connectivity index (χ2v) is 8.49. The van der Waals surface area contributed by atoms with Gasteiger partial charge in [0.05, 0.1) is 4.90 Å². The first-order chi connectivity index (χ1) is 13.9. The van der Waals surface area contributed by atoms with E-state index in [1.807, 2.05) is 54.6 Å². The number of hydrogen-bond acceptors (Lipinski definition) is 4. The third-order valence-corrected chi connectivity index (χ3v) is 5.17. The van der Waals surface area contributed by atoms with Gasteiger partial charge >= 0.3 is 0 Å². The smallest absolute Gasteiger partial charge is 0.248 e. The fourth-order valence-corrected chi connectivity index (χ4v) is 3.28. The average molecular weight is 407 g/mol. The minimum Gasteiger partial charge on any atom is -0.489 e. The second kappa shape index (κ2) is 9.21. The average Bonchev–Trinajstić information content (AvgIpc) is 2.71. The Hall–Kier alpha value is -3.38. The molecule has 0 aliphatic carbocycles. The normalized spacial score (nSPS) is 11.3. The number of ether oxygens (including phenoxy) is 1. The van der Waals surface area contributed by atoms with Gasteiger partial charge < -0.3 is 10.1 Å². The van der Waals surface area contributed by atoms with E-state index in [0.29, 0.717) is 18.0 Å². The number of carbonyl (C=O) groups excluding carboxylic acids is 1. The van der Waals surface area contributed by atoms with E-state index < -0.39 is 9.84 Å². The third-order valence-electron chi connectivity index (χ3n) is 4.06. The molecule has 3 aromatic carbocycles. The highest BCUT2D eigenvalue weighted by Crippen LogP contribution is 2.17. The summed E-state index contributed by atoms with van der Waals surface area (Å²) in [6.07, 6.45) is 4.19. The lowest BCUT2D eigenvalue weighted by molar-refractivity contribution is -0.111. The lowest BCUT2D eigenvalue weighted by Gasteiger charge is -2.07. The van der Waals surface area contributed by atoms with Gasteiger partial charge in [0.15, 0.2) is 9.84 Å². The van der Waals surface area contributed by atoms with Crippen molar-refractivity contribution in [2.24, 2.45) is 0 Å². The molecule has 3 rings (SSSR count). The van der Waals surface area contributed by atoms with Crippen LogP contribution in [-0.2, 0) is 21.2 Å². The number of amides is 1. The summed E-state index contributed by atoms with van der Waals surface area (Å²) in [4.78, 5) is 12.3. The van der Waals surface area contributed by atoms with E-state index in [-0.39, 0.29) is 10.8 Å². The molecule has 0 saturated carbocycles. The molecular formula is C23H21NO4S. The van der Waals surface area contributed by atoms with E-state index in [0.717, 1.165) is 17.4 Å². The minimum absolute atomic E-state index is 0.155. The highest BCUT2D eigenvalue weighted by atomic mass is 32.2. The van der Waals surface area contributed by atoms with Crippen molar-refractivity contribution in [1.82, 2.24) is 0 Å². The molecule has 1 N–H and O–H groups in total. The first-order valence-corrected chi connectivity index (χ1v) is 10.9. The van der Waals surface area contributed by atoms with Crippen LogP contribution in [0.1, 0.15) is 11.1 Å². The largest absolute Gasteiger partial charge is 0.489 e. The van der Waals surface area contributed by atoms with Crippen LogP contribution in [0.2, 0.25) is 0 Å². The first kappa shape index (κ1) is 20.4. The van der Waals surface area contributed by atoms with Crippen molar-refractivity contribution >= 4 is 27.5 Å². The molecule has 0 unspecified atom stereocenters. The number of sulfone groups is 1. The highest BCUT2D eigenvalue weighted by Gasteiger charge is 2.08. The maximum Gasteiger partial charge on any atom is 0.248 e. The molecule has 0 atom stereocenters. The van der Waals surface area contributed by atoms with Crippen LogP contribution in [0.3, 0.4) is 0 Å². The summed E-state index contributed by atoms with van der Waals surface area (Å²) in [7, 11) is -3.33. The number of benzene rings is 3. The molecular weight excluding hydrogens is 386 g/mol. The molecule has 0 saturated heterocycles. The van der Waals surface area contributed by atoms with Gasteiger partial charge in [0, 0.05) is 18.0 Å². The zero-order valence-electron chi connectivity index (χ0n) is 15.9. The van der Waals surface area contributed by atoms with Crippen molar-refractivity contribution in [3.8, 4) is 5.75 Å². The topological polar surface area (TPSA) is 72.5 Å². The predicted molar refractivity (Wildman–Crippen MR) is 114 cm³/mol. The number of hydrogen-bond donors (Lipinski definition) is 1. The second-order valence-electron chi connectivity index (χ2n) is 6.47. The fraction of sp³-hybridized carbons (Fsp3) is 0.0870. The van der Waals surface area contributed by atoms with Gasteiger partial charge in [-0.05, 0) is 47.5 Å². The summed E-state index contributed by atoms with van der Waals surface area (Å²) in [6, 6.07) is 23.4. The van der Waals surface area contributed by atoms with E-state index >= 15 is 0 Å². The molecule has 5 nitrogen and oxygen atoms in total. The Morgan fingerprint density at radius 2 is 1.72 bits per heavy atom. The molecule has 0 fully saturated rings. The number of carbonyl (C=O) groups is 1. The van der Waals surface area contributed by atoms with Gasteiger partial charge in [-0.25, -0.2) is 8.42 Å². The number of anilines is 1. The monoisotopic (exact) mass is 407 g/mol. The third kappa shape index (κ3) is 6.33. The van der Waals surface area contributed by atoms with Crippen molar-refractivity contribution in [3.63, 3.8) is 0 Å². The van der Waals surface area contributed by atoms with Crippen LogP contribution in [0.5, 0.6) is 5.75 Å². The summed E-state index contributed by atoms with van der Waals surface area (Å²) in [6.45, 7) is 0.463. The zero-order chi connectivity index (χ0) is 20.7. The van der Waals surface area contributed by atoms with E-state index in [4.69, 9.17) is 4.74 Å². The van der Waals surface area contributed by atoms with Crippen LogP contribution in [0.15, 0.2) is 89.8 Å². The molecule has 0 radical (unpaired) electrons. The van der Waals surface area contributed by atoms with Crippen LogP contribution < -0.4 is 10.1 Å². The SMILES string of the molecule is CS(=O)(=O)c1cccc(NC(=O)C=Cc2cccc(OCc3ccccc3)c2)c1. The Bertz CT molecular complexity index is 1120. The molecule has 0 bridgehead atoms. The Balaban J connectivity index is 1.61. The molecule has 3 aromatic rings. The maximum atomic E-state index is 12.2. The predicted octanol–water partition coefficient (Wildman–Crippen LogP) is 4.32. The standard InChI is InChI=1S/C23H21NO4S/c1-29(26,27)22-12-6-10-20(16-22)24-23(25)14-13-18-9-5-11-21(15-18)28-17-19-7-3-2-4-8-19/h2-16H,17H2,1H3,(H,24,25). The molecule has 6 heteroatoms. The molecule has 1 amide bonds. The lowest BCUT2D eigenvalue weighted by atomic mass is 10.2. The summed E-state index contributed by atoms with van der Waals surface area (Å²) in [5, 5.41) is 2.66. The van der Waals surface area contributed by atoms with Gasteiger partial charge in [-0.3, -0.25) is 4.79 Å². The molecule has 29 heavy (non-hydrogen) atoms. The van der Waals surface area contributed by atoms with Gasteiger partial charge in [-0.1, -0.05) is 48.5 Å². The molecule has 0 aliphatic heterocycles. The van der Waals surface area contributed by atoms with Gasteiger partial charge in [-0.15, -0.1) is 0 Å². The Morgan fingerprint density at radius 1 is 0.966 bits per heavy atom. The molecule has 148 valence electrons. The van der Waals surface area contributed by atoms with Crippen LogP contribution in [0.4, 0.5) is 5.69 Å². The molecule has 0 heterocycles. The minimum atomic E-state index is -3.33. The van der Waals surface area contributed by atoms with Gasteiger partial charge in [0.1, 0.15) is 12.4 Å². The fourth-order valence-electron chi connectivity index (χ4n) is 2.61. The summed E-state index contributed by atoms with van der Waals surface area (Å²) >= 11 is 0. The number of rotatable bonds is 7. The molecule has 0 aliphatic rings. The van der Waals surface area contributed by atoms with E-state index in [1.165, 1.54) is 18.2 Å². The quantitative estimate of drug-likeness (QED) is 0.592. The van der Waals surface area contributed by atoms with Crippen molar-refractivity contribution in [2.45, 2.75) is 11.5 Å². The van der Waals surface area contributed by atoms with E-state index in [9.17, 15) is 13.2 Å². The van der Waals surface area contributed by atoms with Crippen molar-refractivity contribution in [1.29, 1.82) is 0 Å². The first-order valence-electron chi connectivity index (χ1n) is 8.96. The van der Waals surface area contributed by atoms with Crippen LogP contribution in [-0.4, -0.2) is 20.6 Å². The van der Waals surface area contributed by atoms with Crippen LogP contribution in [0.25, 0.3) is 6.08 Å². The van der Waals surface area contributed by atoms with Gasteiger partial charge in [0.2, 0.25) is 5.91 Å². The van der Waals surface area contributed by atoms with Crippen molar-refractivity contribution in [3.05, 3.63) is 96.1 Å². The zero-order valence-corrected chi connectivity index (χ0v) is 16.7. The van der Waals surface area contributed by atoms with E-state index in [2.05, 4.69) is 5.32 Å². The van der Waals surface area contributed by atoms with Gasteiger partial charge in [0.25, 0.3) is 0 Å². The highest BCUT2D eigenvalue weighted by molar-refractivity contribution is 7.90.